The zero-order valence-electron chi connectivity index (χ0n) is 13.3. The van der Waals surface area contributed by atoms with Crippen molar-refractivity contribution in [1.29, 1.82) is 0 Å². The fourth-order valence-electron chi connectivity index (χ4n) is 3.51. The Balaban J connectivity index is 2.06. The lowest BCUT2D eigenvalue weighted by Crippen LogP contribution is -2.41. The molecule has 6 heteroatoms. The van der Waals surface area contributed by atoms with Crippen molar-refractivity contribution >= 4 is 26.5 Å². The minimum absolute atomic E-state index is 0.00496. The molecule has 0 unspecified atom stereocenters. The van der Waals surface area contributed by atoms with Crippen LogP contribution in [-0.2, 0) is 0 Å². The Labute approximate surface area is 137 Å². The van der Waals surface area contributed by atoms with Crippen LogP contribution in [0.1, 0.15) is 49.3 Å². The molecule has 1 aromatic carbocycles. The van der Waals surface area contributed by atoms with Gasteiger partial charge in [0.05, 0.1) is 10.2 Å². The van der Waals surface area contributed by atoms with Gasteiger partial charge in [0.1, 0.15) is 0 Å². The van der Waals surface area contributed by atoms with Crippen molar-refractivity contribution in [2.45, 2.75) is 52.0 Å². The summed E-state index contributed by atoms with van der Waals surface area (Å²) in [6.07, 6.45) is 5.11. The van der Waals surface area contributed by atoms with Crippen LogP contribution in [0.3, 0.4) is 0 Å². The summed E-state index contributed by atoms with van der Waals surface area (Å²) in [7, 11) is 0. The van der Waals surface area contributed by atoms with Crippen molar-refractivity contribution in [1.82, 2.24) is 14.0 Å². The number of hydrogen-bond donors (Lipinski definition) is 0. The molecule has 4 rings (SSSR count). The van der Waals surface area contributed by atoms with Crippen molar-refractivity contribution in [3.8, 4) is 0 Å². The molecule has 2 heterocycles. The number of aryl methyl sites for hydroxylation is 2. The van der Waals surface area contributed by atoms with Gasteiger partial charge < -0.3 is 0 Å². The van der Waals surface area contributed by atoms with E-state index in [-0.39, 0.29) is 11.7 Å². The molecule has 23 heavy (non-hydrogen) atoms. The third kappa shape index (κ3) is 2.24. The van der Waals surface area contributed by atoms with E-state index in [4.69, 9.17) is 0 Å². The van der Waals surface area contributed by atoms with E-state index in [1.54, 1.807) is 4.40 Å². The molecule has 0 spiro atoms. The minimum Gasteiger partial charge on any atom is -0.247 e. The van der Waals surface area contributed by atoms with E-state index >= 15 is 0 Å². The molecule has 0 amide bonds. The van der Waals surface area contributed by atoms with Gasteiger partial charge >= 0.3 is 11.4 Å². The Hall–Kier alpha value is -1.95. The highest BCUT2D eigenvalue weighted by molar-refractivity contribution is 7.23. The van der Waals surface area contributed by atoms with E-state index < -0.39 is 5.69 Å². The molecular formula is C17H19N3O2S. The highest BCUT2D eigenvalue weighted by Crippen LogP contribution is 2.28. The van der Waals surface area contributed by atoms with E-state index in [0.29, 0.717) is 4.96 Å². The summed E-state index contributed by atoms with van der Waals surface area (Å²) in [6.45, 7) is 4.09. The second-order valence-electron chi connectivity index (χ2n) is 6.46. The molecule has 5 nitrogen and oxygen atoms in total. The van der Waals surface area contributed by atoms with Crippen LogP contribution in [0.2, 0.25) is 0 Å². The van der Waals surface area contributed by atoms with Gasteiger partial charge in [0.2, 0.25) is 4.96 Å². The second-order valence-corrected chi connectivity index (χ2v) is 7.47. The first-order chi connectivity index (χ1) is 11.1. The predicted octanol–water partition coefficient (Wildman–Crippen LogP) is 3.19. The topological polar surface area (TPSA) is 56.4 Å². The monoisotopic (exact) mass is 329 g/mol. The largest absolute Gasteiger partial charge is 0.354 e. The van der Waals surface area contributed by atoms with Crippen molar-refractivity contribution in [2.75, 3.05) is 0 Å². The highest BCUT2D eigenvalue weighted by atomic mass is 32.1. The Kier molecular flexibility index (Phi) is 3.37. The van der Waals surface area contributed by atoms with Crippen LogP contribution in [0.25, 0.3) is 15.2 Å². The third-order valence-corrected chi connectivity index (χ3v) is 5.95. The normalized spacial score (nSPS) is 16.4. The van der Waals surface area contributed by atoms with Crippen molar-refractivity contribution in [3.05, 3.63) is 44.2 Å². The van der Waals surface area contributed by atoms with Gasteiger partial charge in [-0.25, -0.2) is 18.6 Å². The molecular weight excluding hydrogens is 310 g/mol. The molecule has 0 atom stereocenters. The van der Waals surface area contributed by atoms with Crippen LogP contribution < -0.4 is 11.4 Å². The third-order valence-electron chi connectivity index (χ3n) is 4.94. The molecule has 0 bridgehead atoms. The number of aromatic nitrogens is 3. The summed E-state index contributed by atoms with van der Waals surface area (Å²) in [6, 6.07) is 4.08. The second kappa shape index (κ2) is 5.30. The van der Waals surface area contributed by atoms with E-state index in [1.165, 1.54) is 27.9 Å². The quantitative estimate of drug-likeness (QED) is 0.689. The summed E-state index contributed by atoms with van der Waals surface area (Å²) < 4.78 is 3.99. The fourth-order valence-corrected chi connectivity index (χ4v) is 4.59. The molecule has 120 valence electrons. The van der Waals surface area contributed by atoms with E-state index in [1.807, 2.05) is 13.0 Å². The molecule has 1 fully saturated rings. The SMILES string of the molecule is Cc1cc2sc3nc(=O)n(C4CCCCC4)c(=O)n3c2cc1C. The smallest absolute Gasteiger partial charge is 0.247 e. The van der Waals surface area contributed by atoms with Crippen LogP contribution in [0.4, 0.5) is 0 Å². The maximum Gasteiger partial charge on any atom is 0.354 e. The number of fused-ring (bicyclic) bond motifs is 3. The number of nitrogens with zero attached hydrogens (tertiary/aromatic N) is 3. The van der Waals surface area contributed by atoms with E-state index in [2.05, 4.69) is 18.0 Å². The molecule has 0 saturated heterocycles. The Morgan fingerprint density at radius 1 is 1.09 bits per heavy atom. The Morgan fingerprint density at radius 2 is 1.78 bits per heavy atom. The van der Waals surface area contributed by atoms with Crippen molar-refractivity contribution < 1.29 is 0 Å². The van der Waals surface area contributed by atoms with E-state index in [9.17, 15) is 9.59 Å². The van der Waals surface area contributed by atoms with Gasteiger partial charge in [-0.2, -0.15) is 4.98 Å². The lowest BCUT2D eigenvalue weighted by atomic mass is 9.95. The summed E-state index contributed by atoms with van der Waals surface area (Å²) in [5, 5.41) is 0. The minimum atomic E-state index is -0.401. The van der Waals surface area contributed by atoms with Crippen LogP contribution in [0, 0.1) is 13.8 Å². The zero-order chi connectivity index (χ0) is 16.1. The van der Waals surface area contributed by atoms with Gasteiger partial charge in [0.25, 0.3) is 0 Å². The fraction of sp³-hybridized carbons (Fsp3) is 0.471. The number of thiazole rings is 1. The number of benzene rings is 1. The summed E-state index contributed by atoms with van der Waals surface area (Å²) >= 11 is 1.41. The maximum absolute atomic E-state index is 13.0. The molecule has 0 aliphatic heterocycles. The Morgan fingerprint density at radius 3 is 2.52 bits per heavy atom. The van der Waals surface area contributed by atoms with Crippen molar-refractivity contribution in [2.24, 2.45) is 0 Å². The number of rotatable bonds is 1. The molecule has 0 radical (unpaired) electrons. The first-order valence-corrected chi connectivity index (χ1v) is 8.93. The molecule has 1 aliphatic rings. The van der Waals surface area contributed by atoms with Crippen LogP contribution in [0.5, 0.6) is 0 Å². The summed E-state index contributed by atoms with van der Waals surface area (Å²) in [5.74, 6) is 0. The van der Waals surface area contributed by atoms with Crippen LogP contribution >= 0.6 is 11.3 Å². The molecule has 0 N–H and O–H groups in total. The lowest BCUT2D eigenvalue weighted by Gasteiger charge is -2.22. The van der Waals surface area contributed by atoms with Crippen LogP contribution in [-0.4, -0.2) is 14.0 Å². The zero-order valence-corrected chi connectivity index (χ0v) is 14.2. The standard InChI is InChI=1S/C17H19N3O2S/c1-10-8-13-14(9-11(10)2)23-16-18-15(21)19(17(22)20(13)16)12-6-4-3-5-7-12/h8-9,12H,3-7H2,1-2H3. The molecule has 1 aliphatic carbocycles. The van der Waals surface area contributed by atoms with Gasteiger partial charge in [0.15, 0.2) is 0 Å². The van der Waals surface area contributed by atoms with Gasteiger partial charge in [-0.3, -0.25) is 0 Å². The molecule has 2 aromatic heterocycles. The predicted molar refractivity (Wildman–Crippen MR) is 92.7 cm³/mol. The van der Waals surface area contributed by atoms with Gasteiger partial charge in [-0.15, -0.1) is 0 Å². The first-order valence-electron chi connectivity index (χ1n) is 8.11. The van der Waals surface area contributed by atoms with Crippen LogP contribution in [0.15, 0.2) is 21.7 Å². The average molecular weight is 329 g/mol. The summed E-state index contributed by atoms with van der Waals surface area (Å²) in [4.78, 5) is 30.1. The maximum atomic E-state index is 13.0. The van der Waals surface area contributed by atoms with Crippen molar-refractivity contribution in [3.63, 3.8) is 0 Å². The Bertz CT molecular complexity index is 1020. The van der Waals surface area contributed by atoms with Gasteiger partial charge in [-0.05, 0) is 49.9 Å². The highest BCUT2D eigenvalue weighted by Gasteiger charge is 2.22. The molecule has 1 saturated carbocycles. The molecule has 3 aromatic rings. The first kappa shape index (κ1) is 14.6. The lowest BCUT2D eigenvalue weighted by molar-refractivity contribution is 0.331. The summed E-state index contributed by atoms with van der Waals surface area (Å²) in [5.41, 5.74) is 2.54. The average Bonchev–Trinajstić information content (AvgIpc) is 2.86. The number of hydrogen-bond acceptors (Lipinski definition) is 4. The van der Waals surface area contributed by atoms with Gasteiger partial charge in [-0.1, -0.05) is 30.6 Å². The van der Waals surface area contributed by atoms with Gasteiger partial charge in [0, 0.05) is 6.04 Å². The van der Waals surface area contributed by atoms with E-state index in [0.717, 1.165) is 41.5 Å².